The maximum Gasteiger partial charge on any atom is 0.409 e. The Morgan fingerprint density at radius 2 is 1.79 bits per heavy atom. The summed E-state index contributed by atoms with van der Waals surface area (Å²) >= 11 is 5.69. The lowest BCUT2D eigenvalue weighted by Crippen LogP contribution is -2.48. The van der Waals surface area contributed by atoms with Crippen molar-refractivity contribution in [3.8, 4) is 0 Å². The molecule has 10 heteroatoms. The summed E-state index contributed by atoms with van der Waals surface area (Å²) in [4.78, 5) is 0. The van der Waals surface area contributed by atoms with Crippen molar-refractivity contribution in [3.05, 3.63) is 34.9 Å². The average Bonchev–Trinajstić information content (AvgIpc) is 2.48. The third kappa shape index (κ3) is 5.06. The number of likely N-dealkylation sites (N-methyl/N-ethyl adjacent to an activating group) is 1. The van der Waals surface area contributed by atoms with Crippen LogP contribution in [-0.2, 0) is 14.9 Å². The first-order chi connectivity index (χ1) is 11.1. The lowest BCUT2D eigenvalue weighted by molar-refractivity contribution is -0.171. The molecule has 5 nitrogen and oxygen atoms in total. The van der Waals surface area contributed by atoms with E-state index in [1.54, 1.807) is 6.92 Å². The molecular weight excluding hydrogens is 369 g/mol. The number of hydrogen-bond donors (Lipinski definition) is 0. The van der Waals surface area contributed by atoms with Gasteiger partial charge >= 0.3 is 6.18 Å². The molecule has 1 atom stereocenters. The van der Waals surface area contributed by atoms with E-state index >= 15 is 0 Å². The Morgan fingerprint density at radius 3 is 2.21 bits per heavy atom. The van der Waals surface area contributed by atoms with Crippen LogP contribution in [0, 0.1) is 0 Å². The van der Waals surface area contributed by atoms with E-state index in [4.69, 9.17) is 16.3 Å². The summed E-state index contributed by atoms with van der Waals surface area (Å²) in [6.07, 6.45) is -4.78. The van der Waals surface area contributed by atoms with Crippen molar-refractivity contribution in [1.29, 1.82) is 0 Å². The molecule has 0 aliphatic carbocycles. The molecule has 0 heterocycles. The van der Waals surface area contributed by atoms with Crippen LogP contribution in [-0.4, -0.2) is 57.1 Å². The first-order valence-corrected chi connectivity index (χ1v) is 8.87. The largest absolute Gasteiger partial charge is 0.409 e. The van der Waals surface area contributed by atoms with Crippen LogP contribution in [0.2, 0.25) is 5.02 Å². The predicted octanol–water partition coefficient (Wildman–Crippen LogP) is 3.09. The van der Waals surface area contributed by atoms with Crippen molar-refractivity contribution in [2.24, 2.45) is 0 Å². The van der Waals surface area contributed by atoms with Crippen LogP contribution < -0.4 is 0 Å². The Kier molecular flexibility index (Phi) is 7.48. The van der Waals surface area contributed by atoms with Gasteiger partial charge in [0.15, 0.2) is 0 Å². The normalized spacial score (nSPS) is 14.4. The molecule has 0 saturated heterocycles. The highest BCUT2D eigenvalue weighted by atomic mass is 35.5. The quantitative estimate of drug-likeness (QED) is 0.687. The molecule has 1 aromatic carbocycles. The summed E-state index contributed by atoms with van der Waals surface area (Å²) in [7, 11) is -2.03. The highest BCUT2D eigenvalue weighted by molar-refractivity contribution is 7.86. The van der Waals surface area contributed by atoms with Gasteiger partial charge in [-0.15, -0.1) is 0 Å². The molecular formula is C14H20ClF3N2O3S. The number of alkyl halides is 3. The van der Waals surface area contributed by atoms with Crippen molar-refractivity contribution in [2.75, 3.05) is 33.9 Å². The smallest absolute Gasteiger partial charge is 0.383 e. The minimum Gasteiger partial charge on any atom is -0.383 e. The van der Waals surface area contributed by atoms with E-state index < -0.39 is 22.4 Å². The lowest BCUT2D eigenvalue weighted by Gasteiger charge is -2.33. The van der Waals surface area contributed by atoms with E-state index in [2.05, 4.69) is 0 Å². The summed E-state index contributed by atoms with van der Waals surface area (Å²) in [5, 5.41) is 0.264. The molecule has 1 aromatic rings. The van der Waals surface area contributed by atoms with Crippen molar-refractivity contribution >= 4 is 21.8 Å². The van der Waals surface area contributed by atoms with Gasteiger partial charge in [-0.1, -0.05) is 30.7 Å². The van der Waals surface area contributed by atoms with Crippen molar-refractivity contribution in [2.45, 2.75) is 19.1 Å². The zero-order valence-corrected chi connectivity index (χ0v) is 15.1. The van der Waals surface area contributed by atoms with Crippen LogP contribution >= 0.6 is 11.6 Å². The molecule has 0 radical (unpaired) electrons. The number of rotatable bonds is 8. The van der Waals surface area contributed by atoms with E-state index in [0.29, 0.717) is 4.31 Å². The van der Waals surface area contributed by atoms with Gasteiger partial charge in [-0.05, 0) is 17.7 Å². The summed E-state index contributed by atoms with van der Waals surface area (Å²) < 4.78 is 71.8. The SMILES string of the molecule is CCN(CCOC)S(=O)(=O)N(C)C(c1ccc(Cl)cc1)C(F)(F)F. The van der Waals surface area contributed by atoms with E-state index in [9.17, 15) is 21.6 Å². The molecule has 24 heavy (non-hydrogen) atoms. The second-order valence-corrected chi connectivity index (χ2v) is 7.43. The molecule has 0 N–H and O–H groups in total. The highest BCUT2D eigenvalue weighted by Crippen LogP contribution is 2.39. The number of methoxy groups -OCH3 is 1. The van der Waals surface area contributed by atoms with E-state index in [1.807, 2.05) is 0 Å². The Bertz CT molecular complexity index is 623. The second-order valence-electron chi connectivity index (χ2n) is 5.00. The van der Waals surface area contributed by atoms with Crippen LogP contribution in [0.4, 0.5) is 13.2 Å². The van der Waals surface area contributed by atoms with Gasteiger partial charge in [0.25, 0.3) is 10.2 Å². The minimum absolute atomic E-state index is 0.0290. The van der Waals surface area contributed by atoms with Gasteiger partial charge in [0.05, 0.1) is 6.61 Å². The third-order valence-corrected chi connectivity index (χ3v) is 5.73. The van der Waals surface area contributed by atoms with E-state index in [-0.39, 0.29) is 30.3 Å². The fourth-order valence-electron chi connectivity index (χ4n) is 2.20. The van der Waals surface area contributed by atoms with Gasteiger partial charge < -0.3 is 4.74 Å². The third-order valence-electron chi connectivity index (χ3n) is 3.45. The molecule has 138 valence electrons. The van der Waals surface area contributed by atoms with E-state index in [1.165, 1.54) is 19.2 Å². The molecule has 0 spiro atoms. The second kappa shape index (κ2) is 8.48. The van der Waals surface area contributed by atoms with Gasteiger partial charge in [0.1, 0.15) is 6.04 Å². The van der Waals surface area contributed by atoms with Crippen LogP contribution in [0.3, 0.4) is 0 Å². The molecule has 0 bridgehead atoms. The number of halogens is 4. The lowest BCUT2D eigenvalue weighted by atomic mass is 10.1. The molecule has 1 rings (SSSR count). The minimum atomic E-state index is -4.78. The number of hydrogen-bond acceptors (Lipinski definition) is 3. The standard InChI is InChI=1S/C14H20ClF3N2O3S/c1-4-20(9-10-23-3)24(21,22)19(2)13(14(16,17)18)11-5-7-12(15)8-6-11/h5-8,13H,4,9-10H2,1-3H3. The molecule has 0 fully saturated rings. The Morgan fingerprint density at radius 1 is 1.25 bits per heavy atom. The summed E-state index contributed by atoms with van der Waals surface area (Å²) in [6, 6.07) is 2.60. The molecule has 0 aliphatic rings. The van der Waals surface area contributed by atoms with Gasteiger partial charge in [-0.3, -0.25) is 0 Å². The zero-order chi connectivity index (χ0) is 18.5. The van der Waals surface area contributed by atoms with E-state index in [0.717, 1.165) is 23.5 Å². The van der Waals surface area contributed by atoms with Gasteiger partial charge in [0, 0.05) is 32.3 Å². The Balaban J connectivity index is 3.25. The Labute approximate surface area is 145 Å². The molecule has 0 amide bonds. The fourth-order valence-corrected chi connectivity index (χ4v) is 3.82. The van der Waals surface area contributed by atoms with Gasteiger partial charge in [0.2, 0.25) is 0 Å². The van der Waals surface area contributed by atoms with Crippen molar-refractivity contribution < 1.29 is 26.3 Å². The average molecular weight is 389 g/mol. The number of nitrogens with zero attached hydrogens (tertiary/aromatic N) is 2. The predicted molar refractivity (Wildman–Crippen MR) is 86.1 cm³/mol. The van der Waals surface area contributed by atoms with Crippen molar-refractivity contribution in [1.82, 2.24) is 8.61 Å². The Hall–Kier alpha value is -0.870. The fraction of sp³-hybridized carbons (Fsp3) is 0.571. The monoisotopic (exact) mass is 388 g/mol. The maximum absolute atomic E-state index is 13.5. The van der Waals surface area contributed by atoms with Gasteiger partial charge in [-0.25, -0.2) is 0 Å². The van der Waals surface area contributed by atoms with Crippen LogP contribution in [0.1, 0.15) is 18.5 Å². The summed E-state index contributed by atoms with van der Waals surface area (Å²) in [6.45, 7) is 1.62. The topological polar surface area (TPSA) is 49.9 Å². The van der Waals surface area contributed by atoms with Crippen LogP contribution in [0.5, 0.6) is 0 Å². The molecule has 1 unspecified atom stereocenters. The van der Waals surface area contributed by atoms with Crippen molar-refractivity contribution in [3.63, 3.8) is 0 Å². The summed E-state index contributed by atoms with van der Waals surface area (Å²) in [5.74, 6) is 0. The molecule has 0 aromatic heterocycles. The zero-order valence-electron chi connectivity index (χ0n) is 13.5. The summed E-state index contributed by atoms with van der Waals surface area (Å²) in [5.41, 5.74) is -0.208. The van der Waals surface area contributed by atoms with Crippen LogP contribution in [0.15, 0.2) is 24.3 Å². The molecule has 0 saturated carbocycles. The first kappa shape index (κ1) is 21.2. The maximum atomic E-state index is 13.5. The first-order valence-electron chi connectivity index (χ1n) is 7.10. The number of benzene rings is 1. The highest BCUT2D eigenvalue weighted by Gasteiger charge is 2.48. The molecule has 0 aliphatic heterocycles. The van der Waals surface area contributed by atoms with Crippen LogP contribution in [0.25, 0.3) is 0 Å². The van der Waals surface area contributed by atoms with Gasteiger partial charge in [-0.2, -0.15) is 30.2 Å². The number of ether oxygens (including phenoxy) is 1.